The van der Waals surface area contributed by atoms with E-state index in [0.717, 1.165) is 32.1 Å². The number of nitrogen functional groups attached to an aromatic ring is 1. The summed E-state index contributed by atoms with van der Waals surface area (Å²) in [7, 11) is 1.86. The van der Waals surface area contributed by atoms with Crippen LogP contribution < -0.4 is 26.9 Å². The molecule has 0 saturated heterocycles. The first-order chi connectivity index (χ1) is 12.9. The van der Waals surface area contributed by atoms with Gasteiger partial charge in [0.05, 0.1) is 0 Å². The number of hydrogen-bond donors (Lipinski definition) is 3. The monoisotopic (exact) mass is 369 g/mol. The lowest BCUT2D eigenvalue weighted by atomic mass is 9.87. The van der Waals surface area contributed by atoms with Crippen molar-refractivity contribution < 1.29 is 4.79 Å². The predicted octanol–water partition coefficient (Wildman–Crippen LogP) is 1.24. The average Bonchev–Trinajstić information content (AvgIpc) is 2.63. The Morgan fingerprint density at radius 1 is 1.19 bits per heavy atom. The number of nitrogens with zero attached hydrogens (tertiary/aromatic N) is 4. The van der Waals surface area contributed by atoms with Gasteiger partial charge in [-0.05, 0) is 44.2 Å². The van der Waals surface area contributed by atoms with Crippen molar-refractivity contribution in [2.45, 2.75) is 44.7 Å². The Balaban J connectivity index is 1.82. The van der Waals surface area contributed by atoms with Crippen molar-refractivity contribution in [2.24, 2.45) is 0 Å². The standard InChI is InChI=1S/C18H23N7O2/c1-11-8-12(22-14-9-13(19)20-10-21-14)17(27)25-15(11)16(26)23-18(24(25)2)6-4-3-5-7-18/h8-10H,3-7H2,1-2H3,(H,23,26)(H3,19,20,21,22). The van der Waals surface area contributed by atoms with Crippen LogP contribution in [0.3, 0.4) is 0 Å². The van der Waals surface area contributed by atoms with Crippen molar-refractivity contribution in [2.75, 3.05) is 23.1 Å². The number of nitrogens with one attached hydrogen (secondary N) is 2. The van der Waals surface area contributed by atoms with Gasteiger partial charge in [0.15, 0.2) is 0 Å². The molecule has 9 nitrogen and oxygen atoms in total. The second-order valence-corrected chi connectivity index (χ2v) is 7.23. The molecule has 1 saturated carbocycles. The van der Waals surface area contributed by atoms with Gasteiger partial charge in [-0.2, -0.15) is 0 Å². The fourth-order valence-corrected chi connectivity index (χ4v) is 4.09. The number of amides is 1. The van der Waals surface area contributed by atoms with Crippen LogP contribution in [0, 0.1) is 6.92 Å². The molecule has 1 amide bonds. The Hall–Kier alpha value is -3.10. The van der Waals surface area contributed by atoms with Gasteiger partial charge in [-0.15, -0.1) is 0 Å². The van der Waals surface area contributed by atoms with E-state index in [2.05, 4.69) is 20.6 Å². The van der Waals surface area contributed by atoms with E-state index < -0.39 is 5.66 Å². The van der Waals surface area contributed by atoms with E-state index in [1.807, 2.05) is 19.0 Å². The lowest BCUT2D eigenvalue weighted by Gasteiger charge is -2.50. The maximum Gasteiger partial charge on any atom is 0.293 e. The molecule has 9 heteroatoms. The molecule has 0 unspecified atom stereocenters. The van der Waals surface area contributed by atoms with Gasteiger partial charge in [-0.25, -0.2) is 14.6 Å². The summed E-state index contributed by atoms with van der Waals surface area (Å²) in [5, 5.41) is 8.05. The summed E-state index contributed by atoms with van der Waals surface area (Å²) in [5.74, 6) is 0.525. The summed E-state index contributed by atoms with van der Waals surface area (Å²) < 4.78 is 1.49. The molecule has 0 atom stereocenters. The van der Waals surface area contributed by atoms with Crippen molar-refractivity contribution >= 4 is 23.2 Å². The van der Waals surface area contributed by atoms with Crippen LogP contribution in [0.2, 0.25) is 0 Å². The van der Waals surface area contributed by atoms with Gasteiger partial charge in [0.25, 0.3) is 11.5 Å². The lowest BCUT2D eigenvalue weighted by molar-refractivity contribution is 0.0773. The van der Waals surface area contributed by atoms with Crippen LogP contribution in [0.1, 0.15) is 48.2 Å². The third kappa shape index (κ3) is 2.79. The van der Waals surface area contributed by atoms with Crippen molar-refractivity contribution in [3.63, 3.8) is 0 Å². The van der Waals surface area contributed by atoms with Gasteiger partial charge in [0.2, 0.25) is 0 Å². The van der Waals surface area contributed by atoms with E-state index in [9.17, 15) is 9.59 Å². The minimum atomic E-state index is -0.517. The molecular formula is C18H23N7O2. The summed E-state index contributed by atoms with van der Waals surface area (Å²) in [6.07, 6.45) is 6.15. The molecule has 1 spiro atoms. The number of carbonyl (C=O) groups excluding carboxylic acids is 1. The Morgan fingerprint density at radius 3 is 2.63 bits per heavy atom. The molecule has 2 aromatic rings. The Bertz CT molecular complexity index is 963. The Morgan fingerprint density at radius 2 is 1.93 bits per heavy atom. The molecule has 0 radical (unpaired) electrons. The number of aromatic nitrogens is 3. The molecule has 27 heavy (non-hydrogen) atoms. The largest absolute Gasteiger partial charge is 0.384 e. The summed E-state index contributed by atoms with van der Waals surface area (Å²) in [6, 6.07) is 3.22. The second kappa shape index (κ2) is 6.26. The highest BCUT2D eigenvalue weighted by atomic mass is 16.2. The van der Waals surface area contributed by atoms with Crippen LogP contribution in [0.15, 0.2) is 23.3 Å². The summed E-state index contributed by atoms with van der Waals surface area (Å²) in [4.78, 5) is 34.0. The number of fused-ring (bicyclic) bond motifs is 1. The minimum Gasteiger partial charge on any atom is -0.384 e. The van der Waals surface area contributed by atoms with Crippen LogP contribution >= 0.6 is 0 Å². The fraction of sp³-hybridized carbons (Fsp3) is 0.444. The third-order valence-corrected chi connectivity index (χ3v) is 5.48. The van der Waals surface area contributed by atoms with E-state index in [1.165, 1.54) is 11.0 Å². The zero-order valence-corrected chi connectivity index (χ0v) is 15.5. The van der Waals surface area contributed by atoms with Crippen LogP contribution in [0.4, 0.5) is 17.3 Å². The molecule has 2 aliphatic rings. The number of rotatable bonds is 2. The molecule has 0 bridgehead atoms. The first-order valence-corrected chi connectivity index (χ1v) is 9.09. The van der Waals surface area contributed by atoms with E-state index in [4.69, 9.17) is 5.73 Å². The number of nitrogens with two attached hydrogens (primary N) is 1. The summed E-state index contributed by atoms with van der Waals surface area (Å²) in [6.45, 7) is 1.82. The molecule has 3 heterocycles. The zero-order valence-electron chi connectivity index (χ0n) is 15.5. The maximum absolute atomic E-state index is 13.2. The van der Waals surface area contributed by atoms with Crippen molar-refractivity contribution in [1.82, 2.24) is 20.0 Å². The Kier molecular flexibility index (Phi) is 4.01. The normalized spacial score (nSPS) is 18.1. The number of hydrogen-bond acceptors (Lipinski definition) is 7. The van der Waals surface area contributed by atoms with Crippen LogP contribution in [0.5, 0.6) is 0 Å². The highest BCUT2D eigenvalue weighted by Crippen LogP contribution is 2.33. The first kappa shape index (κ1) is 17.3. The van der Waals surface area contributed by atoms with Crippen LogP contribution in [0.25, 0.3) is 0 Å². The lowest BCUT2D eigenvalue weighted by Crippen LogP contribution is -2.70. The average molecular weight is 369 g/mol. The van der Waals surface area contributed by atoms with E-state index in [-0.39, 0.29) is 11.5 Å². The molecular weight excluding hydrogens is 346 g/mol. The highest BCUT2D eigenvalue weighted by molar-refractivity contribution is 5.96. The van der Waals surface area contributed by atoms with Crippen molar-refractivity contribution in [1.29, 1.82) is 0 Å². The van der Waals surface area contributed by atoms with Crippen molar-refractivity contribution in [3.05, 3.63) is 40.1 Å². The first-order valence-electron chi connectivity index (χ1n) is 9.09. The molecule has 142 valence electrons. The van der Waals surface area contributed by atoms with Gasteiger partial charge in [0.1, 0.15) is 35.0 Å². The quantitative estimate of drug-likeness (QED) is 0.729. The fourth-order valence-electron chi connectivity index (χ4n) is 4.09. The topological polar surface area (TPSA) is 118 Å². The molecule has 2 aromatic heterocycles. The van der Waals surface area contributed by atoms with Gasteiger partial charge >= 0.3 is 0 Å². The molecule has 1 aliphatic carbocycles. The smallest absolute Gasteiger partial charge is 0.293 e. The summed E-state index contributed by atoms with van der Waals surface area (Å²) >= 11 is 0. The third-order valence-electron chi connectivity index (χ3n) is 5.48. The zero-order chi connectivity index (χ0) is 19.2. The van der Waals surface area contributed by atoms with Crippen molar-refractivity contribution in [3.8, 4) is 0 Å². The molecule has 1 aliphatic heterocycles. The minimum absolute atomic E-state index is 0.206. The SMILES string of the molecule is Cc1cc(Nc2cc(N)ncn2)c(=O)n2c1C(=O)NC1(CCCCC1)N2C. The van der Waals surface area contributed by atoms with Gasteiger partial charge < -0.3 is 16.4 Å². The molecule has 1 fully saturated rings. The maximum atomic E-state index is 13.2. The highest BCUT2D eigenvalue weighted by Gasteiger charge is 2.44. The second-order valence-electron chi connectivity index (χ2n) is 7.23. The van der Waals surface area contributed by atoms with Gasteiger partial charge in [-0.3, -0.25) is 14.6 Å². The van der Waals surface area contributed by atoms with Crippen LogP contribution in [-0.4, -0.2) is 33.3 Å². The molecule has 4 rings (SSSR count). The molecule has 0 aromatic carbocycles. The van der Waals surface area contributed by atoms with Crippen LogP contribution in [-0.2, 0) is 0 Å². The number of anilines is 3. The molecule has 4 N–H and O–H groups in total. The summed E-state index contributed by atoms with van der Waals surface area (Å²) in [5.41, 5.74) is 6.28. The van der Waals surface area contributed by atoms with E-state index in [0.29, 0.717) is 28.6 Å². The Labute approximate surface area is 156 Å². The number of aryl methyl sites for hydroxylation is 1. The van der Waals surface area contributed by atoms with E-state index >= 15 is 0 Å². The number of carbonyl (C=O) groups is 1. The predicted molar refractivity (Wildman–Crippen MR) is 103 cm³/mol. The van der Waals surface area contributed by atoms with E-state index in [1.54, 1.807) is 12.1 Å². The number of pyridine rings is 1. The van der Waals surface area contributed by atoms with Gasteiger partial charge in [0, 0.05) is 13.1 Å². The van der Waals surface area contributed by atoms with Gasteiger partial charge in [-0.1, -0.05) is 6.42 Å².